The van der Waals surface area contributed by atoms with Crippen LogP contribution in [0.25, 0.3) is 38.8 Å². The van der Waals surface area contributed by atoms with Gasteiger partial charge in [-0.1, -0.05) is 23.2 Å². The summed E-state index contributed by atoms with van der Waals surface area (Å²) < 4.78 is 15.3. The second-order valence-corrected chi connectivity index (χ2v) is 7.22. The van der Waals surface area contributed by atoms with Crippen molar-refractivity contribution < 1.29 is 4.39 Å². The van der Waals surface area contributed by atoms with Crippen molar-refractivity contribution in [3.63, 3.8) is 0 Å². The number of rotatable bonds is 2. The van der Waals surface area contributed by atoms with Gasteiger partial charge in [0.15, 0.2) is 0 Å². The van der Waals surface area contributed by atoms with E-state index in [1.807, 2.05) is 47.3 Å². The maximum atomic E-state index is 13.4. The molecule has 0 spiro atoms. The third-order valence-electron chi connectivity index (χ3n) is 4.85. The molecule has 0 saturated carbocycles. The molecule has 3 aromatic carbocycles. The van der Waals surface area contributed by atoms with E-state index in [1.165, 1.54) is 12.1 Å². The summed E-state index contributed by atoms with van der Waals surface area (Å²) in [6.07, 6.45) is 1.84. The molecule has 0 saturated heterocycles. The number of nitrogens with zero attached hydrogens (tertiary/aromatic N) is 3. The summed E-state index contributed by atoms with van der Waals surface area (Å²) in [7, 11) is 0. The van der Waals surface area contributed by atoms with E-state index in [1.54, 1.807) is 12.1 Å². The molecule has 0 fully saturated rings. The molecule has 0 unspecified atom stereocenters. The molecule has 0 bridgehead atoms. The number of fused-ring (bicyclic) bond motifs is 3. The Labute approximate surface area is 166 Å². The lowest BCUT2D eigenvalue weighted by atomic mass is 10.1. The average Bonchev–Trinajstić information content (AvgIpc) is 3.09. The van der Waals surface area contributed by atoms with Gasteiger partial charge in [0, 0.05) is 27.6 Å². The van der Waals surface area contributed by atoms with Gasteiger partial charge in [-0.15, -0.1) is 0 Å². The zero-order valence-electron chi connectivity index (χ0n) is 15.0. The van der Waals surface area contributed by atoms with E-state index in [9.17, 15) is 4.39 Å². The minimum absolute atomic E-state index is 0.274. The van der Waals surface area contributed by atoms with Crippen LogP contribution in [0.5, 0.6) is 0 Å². The van der Waals surface area contributed by atoms with Crippen LogP contribution in [0.15, 0.2) is 72.9 Å². The van der Waals surface area contributed by atoms with Gasteiger partial charge in [0.25, 0.3) is 0 Å². The Morgan fingerprint density at radius 2 is 1.64 bits per heavy atom. The van der Waals surface area contributed by atoms with Crippen molar-refractivity contribution in [2.24, 2.45) is 0 Å². The number of hydrogen-bond acceptors (Lipinski definition) is 2. The summed E-state index contributed by atoms with van der Waals surface area (Å²) in [5.41, 5.74) is 5.52. The molecule has 136 valence electrons. The molecule has 0 radical (unpaired) electrons. The van der Waals surface area contributed by atoms with Crippen molar-refractivity contribution in [1.29, 1.82) is 0 Å². The molecule has 2 heterocycles. The predicted molar refractivity (Wildman–Crippen MR) is 112 cm³/mol. The maximum Gasteiger partial charge on any atom is 0.123 e. The molecule has 5 heteroatoms. The van der Waals surface area contributed by atoms with Gasteiger partial charge in [0.2, 0.25) is 0 Å². The molecular formula is C23H15ClFN3. The first-order valence-electron chi connectivity index (χ1n) is 8.90. The van der Waals surface area contributed by atoms with Gasteiger partial charge in [0.05, 0.1) is 16.7 Å². The molecule has 0 N–H and O–H groups in total. The Morgan fingerprint density at radius 3 is 2.39 bits per heavy atom. The summed E-state index contributed by atoms with van der Waals surface area (Å²) in [4.78, 5) is 4.63. The third kappa shape index (κ3) is 2.74. The van der Waals surface area contributed by atoms with Gasteiger partial charge < -0.3 is 0 Å². The van der Waals surface area contributed by atoms with E-state index in [4.69, 9.17) is 16.7 Å². The lowest BCUT2D eigenvalue weighted by molar-refractivity contribution is 0.628. The molecule has 0 aliphatic carbocycles. The van der Waals surface area contributed by atoms with Crippen LogP contribution < -0.4 is 0 Å². The molecule has 5 rings (SSSR count). The Balaban J connectivity index is 1.90. The van der Waals surface area contributed by atoms with Crippen LogP contribution in [-0.4, -0.2) is 14.8 Å². The number of benzene rings is 3. The SMILES string of the molecule is Cc1ccc2ncc3c(-c4ccc(F)cc4)nn(-c4ccc(Cl)cc4)c3c2c1. The molecule has 0 amide bonds. The molecule has 2 aromatic heterocycles. The van der Waals surface area contributed by atoms with Crippen molar-refractivity contribution in [2.75, 3.05) is 0 Å². The first-order chi connectivity index (χ1) is 13.6. The quantitative estimate of drug-likeness (QED) is 0.353. The zero-order valence-corrected chi connectivity index (χ0v) is 15.8. The van der Waals surface area contributed by atoms with E-state index < -0.39 is 0 Å². The van der Waals surface area contributed by atoms with Crippen LogP contribution in [0.3, 0.4) is 0 Å². The van der Waals surface area contributed by atoms with Crippen LogP contribution in [0.4, 0.5) is 4.39 Å². The molecule has 28 heavy (non-hydrogen) atoms. The third-order valence-corrected chi connectivity index (χ3v) is 5.10. The number of hydrogen-bond donors (Lipinski definition) is 0. The van der Waals surface area contributed by atoms with Crippen molar-refractivity contribution in [1.82, 2.24) is 14.8 Å². The lowest BCUT2D eigenvalue weighted by Gasteiger charge is -2.06. The lowest BCUT2D eigenvalue weighted by Crippen LogP contribution is -1.97. The summed E-state index contributed by atoms with van der Waals surface area (Å²) >= 11 is 6.07. The highest BCUT2D eigenvalue weighted by atomic mass is 35.5. The molecule has 3 nitrogen and oxygen atoms in total. The van der Waals surface area contributed by atoms with E-state index in [0.717, 1.165) is 44.3 Å². The Bertz CT molecular complexity index is 1320. The van der Waals surface area contributed by atoms with Crippen molar-refractivity contribution in [3.05, 3.63) is 89.3 Å². The van der Waals surface area contributed by atoms with E-state index in [2.05, 4.69) is 18.0 Å². The average molecular weight is 388 g/mol. The highest BCUT2D eigenvalue weighted by Gasteiger charge is 2.17. The Hall–Kier alpha value is -3.24. The molecule has 0 aliphatic rings. The van der Waals surface area contributed by atoms with Crippen molar-refractivity contribution in [2.45, 2.75) is 6.92 Å². The minimum atomic E-state index is -0.274. The Morgan fingerprint density at radius 1 is 0.893 bits per heavy atom. The fourth-order valence-electron chi connectivity index (χ4n) is 3.49. The number of aromatic nitrogens is 3. The topological polar surface area (TPSA) is 30.7 Å². The van der Waals surface area contributed by atoms with Crippen LogP contribution in [0.1, 0.15) is 5.56 Å². The highest BCUT2D eigenvalue weighted by Crippen LogP contribution is 2.34. The van der Waals surface area contributed by atoms with Gasteiger partial charge in [-0.2, -0.15) is 5.10 Å². The zero-order chi connectivity index (χ0) is 19.3. The molecular weight excluding hydrogens is 373 g/mol. The monoisotopic (exact) mass is 387 g/mol. The fourth-order valence-corrected chi connectivity index (χ4v) is 3.61. The van der Waals surface area contributed by atoms with Gasteiger partial charge in [-0.25, -0.2) is 9.07 Å². The number of halogens is 2. The van der Waals surface area contributed by atoms with E-state index in [0.29, 0.717) is 5.02 Å². The van der Waals surface area contributed by atoms with Crippen LogP contribution >= 0.6 is 11.6 Å². The smallest absolute Gasteiger partial charge is 0.123 e. The van der Waals surface area contributed by atoms with E-state index in [-0.39, 0.29) is 5.82 Å². The van der Waals surface area contributed by atoms with Gasteiger partial charge in [-0.3, -0.25) is 4.98 Å². The second kappa shape index (κ2) is 6.43. The molecule has 0 aliphatic heterocycles. The molecule has 0 atom stereocenters. The van der Waals surface area contributed by atoms with Crippen molar-refractivity contribution in [3.8, 4) is 16.9 Å². The minimum Gasteiger partial charge on any atom is -0.255 e. The normalized spacial score (nSPS) is 11.4. The summed E-state index contributed by atoms with van der Waals surface area (Å²) in [6.45, 7) is 2.06. The van der Waals surface area contributed by atoms with Gasteiger partial charge >= 0.3 is 0 Å². The van der Waals surface area contributed by atoms with Gasteiger partial charge in [-0.05, 0) is 67.6 Å². The highest BCUT2D eigenvalue weighted by molar-refractivity contribution is 6.30. The maximum absolute atomic E-state index is 13.4. The number of pyridine rings is 1. The van der Waals surface area contributed by atoms with Crippen molar-refractivity contribution >= 4 is 33.4 Å². The van der Waals surface area contributed by atoms with Crippen LogP contribution in [0.2, 0.25) is 5.02 Å². The van der Waals surface area contributed by atoms with Crippen LogP contribution in [-0.2, 0) is 0 Å². The molecule has 5 aromatic rings. The first-order valence-corrected chi connectivity index (χ1v) is 9.28. The largest absolute Gasteiger partial charge is 0.255 e. The standard InChI is InChI=1S/C23H15ClFN3/c1-14-2-11-21-19(12-14)23-20(13-26-21)22(15-3-7-17(25)8-4-15)27-28(23)18-9-5-16(24)6-10-18/h2-13H,1H3. The summed E-state index contributed by atoms with van der Waals surface area (Å²) in [5, 5.41) is 7.49. The summed E-state index contributed by atoms with van der Waals surface area (Å²) in [6, 6.07) is 20.1. The first kappa shape index (κ1) is 16.9. The van der Waals surface area contributed by atoms with Crippen LogP contribution in [0, 0.1) is 12.7 Å². The fraction of sp³-hybridized carbons (Fsp3) is 0.0435. The van der Waals surface area contributed by atoms with Gasteiger partial charge in [0.1, 0.15) is 11.5 Å². The summed E-state index contributed by atoms with van der Waals surface area (Å²) in [5.74, 6) is -0.274. The Kier molecular flexibility index (Phi) is 3.88. The number of aryl methyl sites for hydroxylation is 1. The predicted octanol–water partition coefficient (Wildman–Crippen LogP) is 6.34. The second-order valence-electron chi connectivity index (χ2n) is 6.78. The van der Waals surface area contributed by atoms with E-state index >= 15 is 0 Å².